The molecule has 0 unspecified atom stereocenters. The van der Waals surface area contributed by atoms with Crippen molar-refractivity contribution in [1.29, 1.82) is 0 Å². The van der Waals surface area contributed by atoms with E-state index >= 15 is 0 Å². The van der Waals surface area contributed by atoms with Crippen molar-refractivity contribution in [2.45, 2.75) is 6.29 Å². The molecular weight excluding hydrogens is 288 g/mol. The van der Waals surface area contributed by atoms with Crippen LogP contribution < -0.4 is 10.6 Å². The second-order valence-corrected chi connectivity index (χ2v) is 4.16. The molecule has 0 saturated heterocycles. The monoisotopic (exact) mass is 302 g/mol. The Kier molecular flexibility index (Phi) is 5.96. The molecule has 0 aromatic heterocycles. The highest BCUT2D eigenvalue weighted by Gasteiger charge is 2.07. The van der Waals surface area contributed by atoms with E-state index in [-0.39, 0.29) is 12.6 Å². The minimum absolute atomic E-state index is 0.287. The van der Waals surface area contributed by atoms with Gasteiger partial charge in [-0.05, 0) is 24.3 Å². The summed E-state index contributed by atoms with van der Waals surface area (Å²) in [6.45, 7) is 0.287. The van der Waals surface area contributed by atoms with Gasteiger partial charge in [-0.15, -0.1) is 0 Å². The van der Waals surface area contributed by atoms with Gasteiger partial charge in [-0.1, -0.05) is 15.9 Å². The summed E-state index contributed by atoms with van der Waals surface area (Å²) in [5.74, 6) is 0. The largest absolute Gasteiger partial charge is 0.354 e. The summed E-state index contributed by atoms with van der Waals surface area (Å²) >= 11 is 3.32. The number of anilines is 1. The van der Waals surface area contributed by atoms with Crippen LogP contribution in [-0.4, -0.2) is 33.1 Å². The highest BCUT2D eigenvalue weighted by molar-refractivity contribution is 9.10. The van der Waals surface area contributed by atoms with E-state index < -0.39 is 6.29 Å². The molecule has 0 radical (unpaired) electrons. The molecule has 1 rings (SSSR count). The van der Waals surface area contributed by atoms with E-state index in [2.05, 4.69) is 26.6 Å². The minimum Gasteiger partial charge on any atom is -0.354 e. The Morgan fingerprint density at radius 3 is 2.41 bits per heavy atom. The molecule has 2 amide bonds. The molecule has 0 spiro atoms. The van der Waals surface area contributed by atoms with Crippen molar-refractivity contribution >= 4 is 27.6 Å². The van der Waals surface area contributed by atoms with Gasteiger partial charge in [-0.2, -0.15) is 0 Å². The summed E-state index contributed by atoms with van der Waals surface area (Å²) in [5.41, 5.74) is 0.720. The number of methoxy groups -OCH3 is 2. The molecule has 0 atom stereocenters. The molecule has 2 N–H and O–H groups in total. The summed E-state index contributed by atoms with van der Waals surface area (Å²) in [5, 5.41) is 5.33. The minimum atomic E-state index is -0.439. The standard InChI is InChI=1S/C11H15BrN2O3/c1-16-10(17-2)7-13-11(15)14-9-5-3-8(12)4-6-9/h3-6,10H,7H2,1-2H3,(H2,13,14,15). The molecule has 1 aromatic carbocycles. The van der Waals surface area contributed by atoms with E-state index in [1.54, 1.807) is 12.1 Å². The van der Waals surface area contributed by atoms with Crippen molar-refractivity contribution in [2.24, 2.45) is 0 Å². The third kappa shape index (κ3) is 5.16. The van der Waals surface area contributed by atoms with E-state index in [1.165, 1.54) is 14.2 Å². The average molecular weight is 303 g/mol. The van der Waals surface area contributed by atoms with Crippen LogP contribution in [0.3, 0.4) is 0 Å². The molecule has 17 heavy (non-hydrogen) atoms. The van der Waals surface area contributed by atoms with Crippen LogP contribution in [-0.2, 0) is 9.47 Å². The van der Waals surface area contributed by atoms with E-state index in [4.69, 9.17) is 9.47 Å². The van der Waals surface area contributed by atoms with Gasteiger partial charge >= 0.3 is 6.03 Å². The third-order valence-electron chi connectivity index (χ3n) is 2.06. The molecule has 1 aromatic rings. The van der Waals surface area contributed by atoms with Crippen LogP contribution in [0.25, 0.3) is 0 Å². The van der Waals surface area contributed by atoms with Crippen molar-refractivity contribution in [3.63, 3.8) is 0 Å². The van der Waals surface area contributed by atoms with E-state index in [0.717, 1.165) is 10.2 Å². The first-order valence-corrected chi connectivity index (χ1v) is 5.81. The highest BCUT2D eigenvalue weighted by Crippen LogP contribution is 2.13. The van der Waals surface area contributed by atoms with Crippen LogP contribution in [0.4, 0.5) is 10.5 Å². The zero-order valence-corrected chi connectivity index (χ0v) is 11.3. The van der Waals surface area contributed by atoms with Crippen LogP contribution >= 0.6 is 15.9 Å². The van der Waals surface area contributed by atoms with E-state index in [0.29, 0.717) is 0 Å². The Morgan fingerprint density at radius 1 is 1.29 bits per heavy atom. The fourth-order valence-corrected chi connectivity index (χ4v) is 1.41. The normalized spacial score (nSPS) is 10.4. The molecule has 0 bridgehead atoms. The number of benzene rings is 1. The summed E-state index contributed by atoms with van der Waals surface area (Å²) < 4.78 is 10.9. The number of rotatable bonds is 5. The highest BCUT2D eigenvalue weighted by atomic mass is 79.9. The molecule has 0 saturated carbocycles. The number of carbonyl (C=O) groups excluding carboxylic acids is 1. The van der Waals surface area contributed by atoms with Crippen molar-refractivity contribution in [1.82, 2.24) is 5.32 Å². The maximum Gasteiger partial charge on any atom is 0.319 e. The van der Waals surface area contributed by atoms with Crippen LogP contribution in [0.1, 0.15) is 0 Å². The van der Waals surface area contributed by atoms with Gasteiger partial charge in [0.25, 0.3) is 0 Å². The molecule has 0 aliphatic carbocycles. The smallest absolute Gasteiger partial charge is 0.319 e. The van der Waals surface area contributed by atoms with Gasteiger partial charge < -0.3 is 20.1 Å². The van der Waals surface area contributed by atoms with Crippen molar-refractivity contribution in [2.75, 3.05) is 26.1 Å². The number of amides is 2. The maximum atomic E-state index is 11.5. The Labute approximate surface area is 109 Å². The van der Waals surface area contributed by atoms with E-state index in [1.807, 2.05) is 12.1 Å². The molecule has 0 aliphatic heterocycles. The Balaban J connectivity index is 2.37. The predicted octanol–water partition coefficient (Wildman–Crippen LogP) is 2.19. The number of hydrogen-bond donors (Lipinski definition) is 2. The Bertz CT molecular complexity index is 352. The number of ether oxygens (including phenoxy) is 2. The van der Waals surface area contributed by atoms with Gasteiger partial charge in [-0.25, -0.2) is 4.79 Å². The van der Waals surface area contributed by atoms with Gasteiger partial charge in [0.05, 0.1) is 6.54 Å². The molecule has 0 fully saturated rings. The topological polar surface area (TPSA) is 59.6 Å². The first-order valence-electron chi connectivity index (χ1n) is 5.01. The summed E-state index contributed by atoms with van der Waals surface area (Å²) in [6, 6.07) is 7.00. The van der Waals surface area contributed by atoms with Crippen LogP contribution in [0.2, 0.25) is 0 Å². The third-order valence-corrected chi connectivity index (χ3v) is 2.59. The molecule has 94 valence electrons. The molecular formula is C11H15BrN2O3. The summed E-state index contributed by atoms with van der Waals surface area (Å²) in [6.07, 6.45) is -0.439. The summed E-state index contributed by atoms with van der Waals surface area (Å²) in [4.78, 5) is 11.5. The van der Waals surface area contributed by atoms with Crippen molar-refractivity contribution in [3.8, 4) is 0 Å². The van der Waals surface area contributed by atoms with Crippen molar-refractivity contribution in [3.05, 3.63) is 28.7 Å². The van der Waals surface area contributed by atoms with Gasteiger partial charge in [0, 0.05) is 24.4 Å². The Hall–Kier alpha value is -1.11. The van der Waals surface area contributed by atoms with E-state index in [9.17, 15) is 4.79 Å². The summed E-state index contributed by atoms with van der Waals surface area (Å²) in [7, 11) is 3.03. The first-order chi connectivity index (χ1) is 8.15. The average Bonchev–Trinajstić information content (AvgIpc) is 2.33. The lowest BCUT2D eigenvalue weighted by Gasteiger charge is -2.14. The van der Waals surface area contributed by atoms with Gasteiger partial charge in [0.15, 0.2) is 6.29 Å². The predicted molar refractivity (Wildman–Crippen MR) is 69.0 cm³/mol. The first kappa shape index (κ1) is 14.0. The lowest BCUT2D eigenvalue weighted by Crippen LogP contribution is -2.36. The number of urea groups is 1. The quantitative estimate of drug-likeness (QED) is 0.820. The number of halogens is 1. The fourth-order valence-electron chi connectivity index (χ4n) is 1.15. The fraction of sp³-hybridized carbons (Fsp3) is 0.364. The second kappa shape index (κ2) is 7.26. The maximum absolute atomic E-state index is 11.5. The molecule has 0 aliphatic rings. The molecule has 6 heteroatoms. The number of nitrogens with one attached hydrogen (secondary N) is 2. The van der Waals surface area contributed by atoms with Crippen LogP contribution in [0.5, 0.6) is 0 Å². The van der Waals surface area contributed by atoms with Gasteiger partial charge in [0.1, 0.15) is 0 Å². The molecule has 0 heterocycles. The van der Waals surface area contributed by atoms with Gasteiger partial charge in [0.2, 0.25) is 0 Å². The van der Waals surface area contributed by atoms with Gasteiger partial charge in [-0.3, -0.25) is 0 Å². The number of hydrogen-bond acceptors (Lipinski definition) is 3. The Morgan fingerprint density at radius 2 is 1.88 bits per heavy atom. The zero-order chi connectivity index (χ0) is 12.7. The zero-order valence-electron chi connectivity index (χ0n) is 9.70. The SMILES string of the molecule is COC(CNC(=O)Nc1ccc(Br)cc1)OC. The number of carbonyl (C=O) groups is 1. The lowest BCUT2D eigenvalue weighted by atomic mass is 10.3. The lowest BCUT2D eigenvalue weighted by molar-refractivity contribution is -0.0970. The second-order valence-electron chi connectivity index (χ2n) is 3.24. The van der Waals surface area contributed by atoms with Crippen LogP contribution in [0.15, 0.2) is 28.7 Å². The molecule has 5 nitrogen and oxygen atoms in total. The van der Waals surface area contributed by atoms with Crippen molar-refractivity contribution < 1.29 is 14.3 Å². The van der Waals surface area contributed by atoms with Crippen LogP contribution in [0, 0.1) is 0 Å².